The van der Waals surface area contributed by atoms with Crippen LogP contribution in [0.25, 0.3) is 16.8 Å². The molecule has 1 aliphatic rings. The quantitative estimate of drug-likeness (QED) is 0.196. The van der Waals surface area contributed by atoms with Crippen molar-refractivity contribution in [1.29, 1.82) is 5.41 Å². The van der Waals surface area contributed by atoms with Gasteiger partial charge in [-0.05, 0) is 47.4 Å². The molecule has 1 N–H and O–H groups in total. The number of anilines is 1. The first-order valence-corrected chi connectivity index (χ1v) is 13.0. The summed E-state index contributed by atoms with van der Waals surface area (Å²) < 4.78 is 0. The summed E-state index contributed by atoms with van der Waals surface area (Å²) >= 11 is 0. The summed E-state index contributed by atoms with van der Waals surface area (Å²) in [6.45, 7) is 17.4. The molecule has 1 aliphatic carbocycles. The van der Waals surface area contributed by atoms with Gasteiger partial charge in [-0.15, -0.1) is 13.2 Å². The number of amidine groups is 1. The second-order valence-corrected chi connectivity index (χ2v) is 10.3. The molecule has 36 heavy (non-hydrogen) atoms. The van der Waals surface area contributed by atoms with Crippen LogP contribution >= 0.6 is 0 Å². The molecule has 0 fully saturated rings. The lowest BCUT2D eigenvalue weighted by molar-refractivity contribution is 0.289. The van der Waals surface area contributed by atoms with Gasteiger partial charge >= 0.3 is 0 Å². The molecule has 0 radical (unpaired) electrons. The summed E-state index contributed by atoms with van der Waals surface area (Å²) in [5.74, 6) is 0.636. The second-order valence-electron chi connectivity index (χ2n) is 10.3. The first-order chi connectivity index (χ1) is 17.3. The molecule has 1 unspecified atom stereocenters. The summed E-state index contributed by atoms with van der Waals surface area (Å²) in [4.78, 5) is 2.13. The normalized spacial score (nSPS) is 20.9. The van der Waals surface area contributed by atoms with Gasteiger partial charge in [0.15, 0.2) is 0 Å². The third-order valence-electron chi connectivity index (χ3n) is 7.80. The second kappa shape index (κ2) is 10.1. The Kier molecular flexibility index (Phi) is 7.17. The zero-order valence-electron chi connectivity index (χ0n) is 22.1. The summed E-state index contributed by atoms with van der Waals surface area (Å²) in [5, 5.41) is 9.16. The molecule has 2 heteroatoms. The van der Waals surface area contributed by atoms with Gasteiger partial charge in [-0.3, -0.25) is 10.3 Å². The topological polar surface area (TPSA) is 27.1 Å². The van der Waals surface area contributed by atoms with Crippen LogP contribution in [0.5, 0.6) is 0 Å². The predicted molar refractivity (Wildman–Crippen MR) is 156 cm³/mol. The van der Waals surface area contributed by atoms with E-state index in [9.17, 15) is 0 Å². The Bertz CT molecular complexity index is 1290. The van der Waals surface area contributed by atoms with E-state index in [0.717, 1.165) is 29.8 Å². The maximum absolute atomic E-state index is 9.16. The molecule has 3 aromatic carbocycles. The summed E-state index contributed by atoms with van der Waals surface area (Å²) in [5.41, 5.74) is 6.09. The Balaban J connectivity index is 2.06. The Morgan fingerprint density at radius 3 is 2.11 bits per heavy atom. The van der Waals surface area contributed by atoms with E-state index in [0.29, 0.717) is 5.84 Å². The highest BCUT2D eigenvalue weighted by Gasteiger charge is 2.48. The zero-order valence-corrected chi connectivity index (χ0v) is 22.1. The molecule has 0 saturated carbocycles. The molecule has 0 spiro atoms. The van der Waals surface area contributed by atoms with E-state index >= 15 is 0 Å². The number of para-hydroxylation sites is 1. The average Bonchev–Trinajstić information content (AvgIpc) is 2.92. The standard InChI is InChI=1S/C34H38N2/c1-7-22-34(9-3)24-31(36(32(35)25(4)5)28-18-14-11-15-19-28)29-21-20-27(26-16-12-10-13-17-26)23-30(29)33(34,6)8-2/h8-21,23-25,35H,2-3,7,22H2,1,4-6H3/t33?,34-/m0/s1. The molecule has 0 aliphatic heterocycles. The highest BCUT2D eigenvalue weighted by Crippen LogP contribution is 2.56. The third kappa shape index (κ3) is 4.15. The molecule has 184 valence electrons. The van der Waals surface area contributed by atoms with Crippen molar-refractivity contribution in [3.8, 4) is 11.1 Å². The number of fused-ring (bicyclic) bond motifs is 1. The van der Waals surface area contributed by atoms with E-state index < -0.39 is 0 Å². The van der Waals surface area contributed by atoms with Crippen LogP contribution in [-0.4, -0.2) is 5.84 Å². The fourth-order valence-electron chi connectivity index (χ4n) is 5.58. The van der Waals surface area contributed by atoms with Crippen LogP contribution in [0.4, 0.5) is 5.69 Å². The molecular weight excluding hydrogens is 436 g/mol. The Morgan fingerprint density at radius 2 is 1.56 bits per heavy atom. The van der Waals surface area contributed by atoms with E-state index in [-0.39, 0.29) is 16.7 Å². The minimum absolute atomic E-state index is 0.0650. The number of hydrogen-bond donors (Lipinski definition) is 1. The smallest absolute Gasteiger partial charge is 0.108 e. The maximum Gasteiger partial charge on any atom is 0.108 e. The number of hydrogen-bond acceptors (Lipinski definition) is 1. The zero-order chi connectivity index (χ0) is 25.9. The predicted octanol–water partition coefficient (Wildman–Crippen LogP) is 9.26. The van der Waals surface area contributed by atoms with Crippen LogP contribution in [0, 0.1) is 16.7 Å². The van der Waals surface area contributed by atoms with Crippen LogP contribution in [-0.2, 0) is 5.41 Å². The van der Waals surface area contributed by atoms with Gasteiger partial charge in [0.25, 0.3) is 0 Å². The maximum atomic E-state index is 9.16. The summed E-state index contributed by atoms with van der Waals surface area (Å²) in [6.07, 6.45) is 8.53. The molecule has 0 heterocycles. The van der Waals surface area contributed by atoms with E-state index in [1.54, 1.807) is 0 Å². The van der Waals surface area contributed by atoms with Crippen LogP contribution in [0.1, 0.15) is 51.7 Å². The highest BCUT2D eigenvalue weighted by molar-refractivity contribution is 6.09. The van der Waals surface area contributed by atoms with Crippen molar-refractivity contribution in [3.05, 3.63) is 121 Å². The minimum atomic E-state index is -0.350. The van der Waals surface area contributed by atoms with Gasteiger partial charge in [0.1, 0.15) is 5.84 Å². The number of nitrogens with one attached hydrogen (secondary N) is 1. The first-order valence-electron chi connectivity index (χ1n) is 13.0. The highest BCUT2D eigenvalue weighted by atomic mass is 15.2. The lowest BCUT2D eigenvalue weighted by Gasteiger charge is -2.50. The van der Waals surface area contributed by atoms with E-state index in [4.69, 9.17) is 5.41 Å². The van der Waals surface area contributed by atoms with E-state index in [1.807, 2.05) is 18.2 Å². The van der Waals surface area contributed by atoms with Crippen molar-refractivity contribution in [2.75, 3.05) is 4.90 Å². The number of allylic oxidation sites excluding steroid dienone is 3. The third-order valence-corrected chi connectivity index (χ3v) is 7.80. The number of nitrogens with zero attached hydrogens (tertiary/aromatic N) is 1. The lowest BCUT2D eigenvalue weighted by Crippen LogP contribution is -2.45. The molecule has 0 aromatic heterocycles. The average molecular weight is 475 g/mol. The molecular formula is C34H38N2. The van der Waals surface area contributed by atoms with Crippen molar-refractivity contribution < 1.29 is 0 Å². The molecule has 0 amide bonds. The van der Waals surface area contributed by atoms with Crippen molar-refractivity contribution in [1.82, 2.24) is 0 Å². The van der Waals surface area contributed by atoms with Crippen LogP contribution in [0.2, 0.25) is 0 Å². The summed E-state index contributed by atoms with van der Waals surface area (Å²) in [7, 11) is 0. The van der Waals surface area contributed by atoms with Crippen molar-refractivity contribution >= 4 is 17.2 Å². The van der Waals surface area contributed by atoms with Gasteiger partial charge in [-0.25, -0.2) is 0 Å². The first kappa shape index (κ1) is 25.4. The Hall–Kier alpha value is -3.65. The van der Waals surface area contributed by atoms with Crippen molar-refractivity contribution in [2.24, 2.45) is 11.3 Å². The number of rotatable bonds is 8. The van der Waals surface area contributed by atoms with Crippen molar-refractivity contribution in [2.45, 2.75) is 46.0 Å². The van der Waals surface area contributed by atoms with Gasteiger partial charge in [0, 0.05) is 28.0 Å². The van der Waals surface area contributed by atoms with E-state index in [1.165, 1.54) is 16.7 Å². The summed E-state index contributed by atoms with van der Waals surface area (Å²) in [6, 6.07) is 27.6. The molecule has 2 atom stereocenters. The molecule has 2 nitrogen and oxygen atoms in total. The molecule has 0 bridgehead atoms. The van der Waals surface area contributed by atoms with E-state index in [2.05, 4.69) is 125 Å². The van der Waals surface area contributed by atoms with Crippen LogP contribution < -0.4 is 4.90 Å². The van der Waals surface area contributed by atoms with Gasteiger partial charge < -0.3 is 0 Å². The SMILES string of the molecule is C=CC1(C)c2cc(-c3ccccc3)ccc2C(N(C(=N)C(C)C)c2ccccc2)=C[C@]1(C=C)CCC. The van der Waals surface area contributed by atoms with Gasteiger partial charge in [-0.2, -0.15) is 0 Å². The Labute approximate surface area is 217 Å². The molecule has 0 saturated heterocycles. The monoisotopic (exact) mass is 474 g/mol. The minimum Gasteiger partial charge on any atom is -0.298 e. The molecule has 4 rings (SSSR count). The lowest BCUT2D eigenvalue weighted by atomic mass is 9.55. The fourth-order valence-corrected chi connectivity index (χ4v) is 5.58. The van der Waals surface area contributed by atoms with Gasteiger partial charge in [0.05, 0.1) is 5.70 Å². The van der Waals surface area contributed by atoms with Crippen LogP contribution in [0.15, 0.2) is 110 Å². The number of benzene rings is 3. The fraction of sp³-hybridized carbons (Fsp3) is 0.265. The van der Waals surface area contributed by atoms with Crippen molar-refractivity contribution in [3.63, 3.8) is 0 Å². The Morgan fingerprint density at radius 1 is 0.917 bits per heavy atom. The largest absolute Gasteiger partial charge is 0.298 e. The van der Waals surface area contributed by atoms with Gasteiger partial charge in [-0.1, -0.05) is 107 Å². The van der Waals surface area contributed by atoms with Gasteiger partial charge in [0.2, 0.25) is 0 Å². The molecule has 3 aromatic rings. The van der Waals surface area contributed by atoms with Crippen LogP contribution in [0.3, 0.4) is 0 Å².